The van der Waals surface area contributed by atoms with Crippen LogP contribution < -0.4 is 0 Å². The maximum atomic E-state index is 14.1. The Morgan fingerprint density at radius 1 is 0.850 bits per heavy atom. The lowest BCUT2D eigenvalue weighted by Gasteiger charge is -2.35. The van der Waals surface area contributed by atoms with Crippen LogP contribution in [0.4, 0.5) is 4.79 Å². The first-order chi connectivity index (χ1) is 19.5. The number of nitrogens with zero attached hydrogens (tertiary/aromatic N) is 2. The summed E-state index contributed by atoms with van der Waals surface area (Å²) in [6.45, 7) is 2.05. The van der Waals surface area contributed by atoms with Gasteiger partial charge < -0.3 is 9.57 Å². The zero-order chi connectivity index (χ0) is 27.9. The minimum Gasteiger partial charge on any atom is -0.446 e. The number of ether oxygens (including phenoxy) is 1. The van der Waals surface area contributed by atoms with E-state index in [4.69, 9.17) is 9.57 Å². The van der Waals surface area contributed by atoms with E-state index in [2.05, 4.69) is 0 Å². The lowest BCUT2D eigenvalue weighted by atomic mass is 9.91. The third-order valence-electron chi connectivity index (χ3n) is 7.00. The average molecular weight is 535 g/mol. The van der Waals surface area contributed by atoms with Crippen LogP contribution in [0.1, 0.15) is 46.1 Å². The van der Waals surface area contributed by atoms with Gasteiger partial charge in [-0.3, -0.25) is 4.79 Å². The third-order valence-corrected chi connectivity index (χ3v) is 7.00. The predicted octanol–water partition coefficient (Wildman–Crippen LogP) is 6.36. The smallest absolute Gasteiger partial charge is 0.417 e. The summed E-state index contributed by atoms with van der Waals surface area (Å²) in [6.07, 6.45) is -0.687. The summed E-state index contributed by atoms with van der Waals surface area (Å²) in [5, 5.41) is 1.54. The molecule has 4 aromatic rings. The molecular formula is C33H30N2O5. The molecule has 0 aromatic heterocycles. The number of carbonyl (C=O) groups is 3. The van der Waals surface area contributed by atoms with Crippen molar-refractivity contribution in [2.24, 2.45) is 5.92 Å². The van der Waals surface area contributed by atoms with Crippen LogP contribution in [0.15, 0.2) is 121 Å². The van der Waals surface area contributed by atoms with Gasteiger partial charge in [-0.2, -0.15) is 0 Å². The van der Waals surface area contributed by atoms with Gasteiger partial charge in [0.1, 0.15) is 12.6 Å². The van der Waals surface area contributed by atoms with Crippen LogP contribution in [-0.4, -0.2) is 34.5 Å². The molecule has 4 aromatic carbocycles. The van der Waals surface area contributed by atoms with Crippen molar-refractivity contribution in [3.63, 3.8) is 0 Å². The Kier molecular flexibility index (Phi) is 8.32. The lowest BCUT2D eigenvalue weighted by molar-refractivity contribution is -0.168. The standard InChI is InChI=1S/C33H30N2O5/c1-24(31(36)35-29(23-39-33(35)38)26-16-8-3-9-17-26)30(27-18-10-4-11-19-27)34(22-25-14-6-2-7-15-25)40-32(37)28-20-12-5-13-21-28/h2-21,24,29-30H,22-23H2,1H3/t24-,29-,30-/m0/s1. The van der Waals surface area contributed by atoms with Crippen molar-refractivity contribution in [1.29, 1.82) is 0 Å². The van der Waals surface area contributed by atoms with E-state index >= 15 is 0 Å². The highest BCUT2D eigenvalue weighted by atomic mass is 16.7. The zero-order valence-corrected chi connectivity index (χ0v) is 22.1. The Morgan fingerprint density at radius 3 is 2.02 bits per heavy atom. The molecule has 0 bridgehead atoms. The van der Waals surface area contributed by atoms with Crippen molar-refractivity contribution in [3.8, 4) is 0 Å². The molecular weight excluding hydrogens is 504 g/mol. The number of rotatable bonds is 9. The summed E-state index contributed by atoms with van der Waals surface area (Å²) in [6, 6.07) is 35.8. The number of benzene rings is 4. The molecule has 1 fully saturated rings. The van der Waals surface area contributed by atoms with E-state index in [-0.39, 0.29) is 13.2 Å². The van der Waals surface area contributed by atoms with E-state index in [1.807, 2.05) is 97.1 Å². The molecule has 3 atom stereocenters. The molecule has 0 unspecified atom stereocenters. The monoisotopic (exact) mass is 534 g/mol. The Bertz CT molecular complexity index is 1430. The first-order valence-corrected chi connectivity index (χ1v) is 13.2. The minimum absolute atomic E-state index is 0.0774. The van der Waals surface area contributed by atoms with Gasteiger partial charge in [0.15, 0.2) is 0 Å². The maximum Gasteiger partial charge on any atom is 0.417 e. The molecule has 0 radical (unpaired) electrons. The van der Waals surface area contributed by atoms with Crippen LogP contribution in [0.3, 0.4) is 0 Å². The van der Waals surface area contributed by atoms with E-state index in [1.54, 1.807) is 36.3 Å². The number of imide groups is 1. The second kappa shape index (κ2) is 12.4. The summed E-state index contributed by atoms with van der Waals surface area (Å²) in [7, 11) is 0. The van der Waals surface area contributed by atoms with Gasteiger partial charge in [0.2, 0.25) is 5.91 Å². The molecule has 0 spiro atoms. The Labute approximate surface area is 233 Å². The molecule has 1 aliphatic rings. The predicted molar refractivity (Wildman–Crippen MR) is 150 cm³/mol. The summed E-state index contributed by atoms with van der Waals surface area (Å²) in [4.78, 5) is 47.5. The molecule has 1 heterocycles. The largest absolute Gasteiger partial charge is 0.446 e. The molecule has 1 saturated heterocycles. The highest BCUT2D eigenvalue weighted by molar-refractivity contribution is 5.95. The van der Waals surface area contributed by atoms with Crippen LogP contribution in [0.2, 0.25) is 0 Å². The summed E-state index contributed by atoms with van der Waals surface area (Å²) in [5.41, 5.74) is 2.86. The van der Waals surface area contributed by atoms with Gasteiger partial charge in [-0.1, -0.05) is 116 Å². The molecule has 0 saturated carbocycles. The maximum absolute atomic E-state index is 14.1. The molecule has 2 amide bonds. The lowest BCUT2D eigenvalue weighted by Crippen LogP contribution is -2.44. The summed E-state index contributed by atoms with van der Waals surface area (Å²) in [5.74, 6) is -1.74. The van der Waals surface area contributed by atoms with E-state index in [0.29, 0.717) is 5.56 Å². The Balaban J connectivity index is 1.52. The number of carbonyl (C=O) groups excluding carboxylic acids is 3. The minimum atomic E-state index is -0.786. The van der Waals surface area contributed by atoms with Crippen LogP contribution in [-0.2, 0) is 20.9 Å². The fourth-order valence-electron chi connectivity index (χ4n) is 4.98. The van der Waals surface area contributed by atoms with E-state index < -0.39 is 36.0 Å². The zero-order valence-electron chi connectivity index (χ0n) is 22.1. The number of cyclic esters (lactones) is 1. The van der Waals surface area contributed by atoms with Crippen molar-refractivity contribution in [2.45, 2.75) is 25.6 Å². The first-order valence-electron chi connectivity index (χ1n) is 13.2. The molecule has 1 aliphatic heterocycles. The second-order valence-corrected chi connectivity index (χ2v) is 9.66. The van der Waals surface area contributed by atoms with Gasteiger partial charge in [0.25, 0.3) is 0 Å². The fourth-order valence-corrected chi connectivity index (χ4v) is 4.98. The van der Waals surface area contributed by atoms with Crippen molar-refractivity contribution in [2.75, 3.05) is 6.61 Å². The highest BCUT2D eigenvalue weighted by Gasteiger charge is 2.44. The fraction of sp³-hybridized carbons (Fsp3) is 0.182. The second-order valence-electron chi connectivity index (χ2n) is 9.66. The number of amides is 2. The summed E-state index contributed by atoms with van der Waals surface area (Å²) < 4.78 is 5.33. The molecule has 0 N–H and O–H groups in total. The quantitative estimate of drug-likeness (QED) is 0.233. The topological polar surface area (TPSA) is 76.2 Å². The Hall–Kier alpha value is -4.75. The van der Waals surface area contributed by atoms with Crippen LogP contribution in [0.5, 0.6) is 0 Å². The van der Waals surface area contributed by atoms with Crippen LogP contribution >= 0.6 is 0 Å². The van der Waals surface area contributed by atoms with Crippen molar-refractivity contribution >= 4 is 18.0 Å². The van der Waals surface area contributed by atoms with Gasteiger partial charge in [-0.15, -0.1) is 5.06 Å². The van der Waals surface area contributed by atoms with E-state index in [0.717, 1.165) is 16.7 Å². The van der Waals surface area contributed by atoms with Crippen LogP contribution in [0, 0.1) is 5.92 Å². The van der Waals surface area contributed by atoms with Gasteiger partial charge in [-0.05, 0) is 28.8 Å². The van der Waals surface area contributed by atoms with Gasteiger partial charge in [0.05, 0.1) is 24.1 Å². The van der Waals surface area contributed by atoms with E-state index in [9.17, 15) is 14.4 Å². The van der Waals surface area contributed by atoms with Crippen molar-refractivity contribution < 1.29 is 24.0 Å². The number of hydrogen-bond acceptors (Lipinski definition) is 6. The molecule has 7 nitrogen and oxygen atoms in total. The number of hydroxylamine groups is 2. The molecule has 7 heteroatoms. The van der Waals surface area contributed by atoms with Gasteiger partial charge >= 0.3 is 12.1 Å². The van der Waals surface area contributed by atoms with Crippen molar-refractivity contribution in [3.05, 3.63) is 144 Å². The Morgan fingerprint density at radius 2 is 1.40 bits per heavy atom. The third kappa shape index (κ3) is 5.95. The highest BCUT2D eigenvalue weighted by Crippen LogP contribution is 2.36. The summed E-state index contributed by atoms with van der Waals surface area (Å²) >= 11 is 0. The molecule has 5 rings (SSSR count). The van der Waals surface area contributed by atoms with Crippen LogP contribution in [0.25, 0.3) is 0 Å². The normalized spacial score (nSPS) is 16.3. The number of hydrogen-bond donors (Lipinski definition) is 0. The molecule has 202 valence electrons. The van der Waals surface area contributed by atoms with Gasteiger partial charge in [-0.25, -0.2) is 14.5 Å². The molecule has 0 aliphatic carbocycles. The van der Waals surface area contributed by atoms with Gasteiger partial charge in [0, 0.05) is 0 Å². The average Bonchev–Trinajstić information content (AvgIpc) is 3.39. The molecule has 40 heavy (non-hydrogen) atoms. The SMILES string of the molecule is C[C@H](C(=O)N1C(=O)OC[C@H]1c1ccccc1)[C@@H](c1ccccc1)N(Cc1ccccc1)OC(=O)c1ccccc1. The van der Waals surface area contributed by atoms with Crippen molar-refractivity contribution in [1.82, 2.24) is 9.96 Å². The first kappa shape index (κ1) is 26.8. The van der Waals surface area contributed by atoms with E-state index in [1.165, 1.54) is 4.90 Å².